The first-order valence-corrected chi connectivity index (χ1v) is 8.77. The van der Waals surface area contributed by atoms with Crippen molar-refractivity contribution >= 4 is 34.4 Å². The average Bonchev–Trinajstić information content (AvgIpc) is 2.52. The smallest absolute Gasteiger partial charge is 0.410 e. The number of ether oxygens (including phenoxy) is 1. The largest absolute Gasteiger partial charge is 0.444 e. The molecule has 7 heteroatoms. The first kappa shape index (κ1) is 17.7. The summed E-state index contributed by atoms with van der Waals surface area (Å²) in [5, 5.41) is 1.21. The van der Waals surface area contributed by atoms with Gasteiger partial charge in [-0.1, -0.05) is 6.07 Å². The van der Waals surface area contributed by atoms with Crippen molar-refractivity contribution in [2.24, 2.45) is 0 Å². The van der Waals surface area contributed by atoms with Gasteiger partial charge in [0.15, 0.2) is 0 Å². The number of nitrogens with zero attached hydrogens (tertiary/aromatic N) is 4. The van der Waals surface area contributed by atoms with Gasteiger partial charge in [0.05, 0.1) is 5.52 Å². The van der Waals surface area contributed by atoms with Gasteiger partial charge >= 0.3 is 6.09 Å². The van der Waals surface area contributed by atoms with Crippen LogP contribution in [-0.4, -0.2) is 52.7 Å². The van der Waals surface area contributed by atoms with Crippen molar-refractivity contribution in [3.63, 3.8) is 0 Å². The Kier molecular flexibility index (Phi) is 4.73. The molecule has 1 saturated heterocycles. The standard InChI is InChI=1S/C18H23ClN4O2/c1-12-5-6-13-14(11-12)20-16(19)21-15(13)22-7-9-23(10-8-22)17(24)25-18(2,3)4/h5-6,11H,7-10H2,1-4H3. The molecular formula is C18H23ClN4O2. The lowest BCUT2D eigenvalue weighted by molar-refractivity contribution is 0.0240. The molecule has 1 aromatic carbocycles. The number of anilines is 1. The molecule has 1 aliphatic rings. The number of carbonyl (C=O) groups is 1. The first-order chi connectivity index (χ1) is 11.7. The summed E-state index contributed by atoms with van der Waals surface area (Å²) < 4.78 is 5.44. The number of benzene rings is 1. The third-order valence-corrected chi connectivity index (χ3v) is 4.20. The topological polar surface area (TPSA) is 58.6 Å². The number of rotatable bonds is 1. The summed E-state index contributed by atoms with van der Waals surface area (Å²) in [4.78, 5) is 24.8. The lowest BCUT2D eigenvalue weighted by Gasteiger charge is -2.36. The highest BCUT2D eigenvalue weighted by Gasteiger charge is 2.27. The fourth-order valence-electron chi connectivity index (χ4n) is 2.86. The summed E-state index contributed by atoms with van der Waals surface area (Å²) in [6.07, 6.45) is -0.270. The van der Waals surface area contributed by atoms with Crippen molar-refractivity contribution in [2.75, 3.05) is 31.1 Å². The number of piperazine rings is 1. The third kappa shape index (κ3) is 4.12. The molecule has 134 valence electrons. The molecule has 25 heavy (non-hydrogen) atoms. The van der Waals surface area contributed by atoms with Gasteiger partial charge in [-0.3, -0.25) is 0 Å². The van der Waals surface area contributed by atoms with Gasteiger partial charge < -0.3 is 14.5 Å². The van der Waals surface area contributed by atoms with E-state index in [4.69, 9.17) is 16.3 Å². The van der Waals surface area contributed by atoms with Gasteiger partial charge in [0.25, 0.3) is 0 Å². The van der Waals surface area contributed by atoms with Crippen LogP contribution in [0, 0.1) is 6.92 Å². The molecular weight excluding hydrogens is 340 g/mol. The Balaban J connectivity index is 1.77. The van der Waals surface area contributed by atoms with Crippen LogP contribution in [0.25, 0.3) is 10.9 Å². The molecule has 1 amide bonds. The first-order valence-electron chi connectivity index (χ1n) is 8.40. The van der Waals surface area contributed by atoms with Crippen LogP contribution in [0.4, 0.5) is 10.6 Å². The van der Waals surface area contributed by atoms with Gasteiger partial charge in [-0.15, -0.1) is 0 Å². The molecule has 3 rings (SSSR count). The van der Waals surface area contributed by atoms with E-state index in [2.05, 4.69) is 14.9 Å². The average molecular weight is 363 g/mol. The van der Waals surface area contributed by atoms with Crippen molar-refractivity contribution in [2.45, 2.75) is 33.3 Å². The Morgan fingerprint density at radius 2 is 1.84 bits per heavy atom. The monoisotopic (exact) mass is 362 g/mol. The fourth-order valence-corrected chi connectivity index (χ4v) is 3.03. The highest BCUT2D eigenvalue weighted by molar-refractivity contribution is 6.28. The lowest BCUT2D eigenvalue weighted by atomic mass is 10.1. The molecule has 0 aliphatic carbocycles. The number of fused-ring (bicyclic) bond motifs is 1. The Bertz CT molecular complexity index is 790. The Labute approximate surface area is 152 Å². The number of hydrogen-bond donors (Lipinski definition) is 0. The second-order valence-electron chi connectivity index (χ2n) is 7.29. The second kappa shape index (κ2) is 6.67. The summed E-state index contributed by atoms with van der Waals surface area (Å²) in [7, 11) is 0. The predicted molar refractivity (Wildman–Crippen MR) is 99.3 cm³/mol. The number of hydrogen-bond acceptors (Lipinski definition) is 5. The molecule has 0 spiro atoms. The van der Waals surface area contributed by atoms with Gasteiger partial charge in [-0.25, -0.2) is 9.78 Å². The highest BCUT2D eigenvalue weighted by Crippen LogP contribution is 2.27. The van der Waals surface area contributed by atoms with Crippen LogP contribution in [0.2, 0.25) is 5.28 Å². The normalized spacial score (nSPS) is 15.6. The summed E-state index contributed by atoms with van der Waals surface area (Å²) in [6.45, 7) is 10.2. The molecule has 6 nitrogen and oxygen atoms in total. The van der Waals surface area contributed by atoms with Gasteiger partial charge in [-0.05, 0) is 57.0 Å². The van der Waals surface area contributed by atoms with Crippen LogP contribution in [0.3, 0.4) is 0 Å². The molecule has 0 saturated carbocycles. The maximum absolute atomic E-state index is 12.2. The maximum atomic E-state index is 12.2. The van der Waals surface area contributed by atoms with E-state index < -0.39 is 5.60 Å². The molecule has 2 heterocycles. The molecule has 1 aromatic heterocycles. The van der Waals surface area contributed by atoms with E-state index in [1.54, 1.807) is 4.90 Å². The molecule has 2 aromatic rings. The minimum atomic E-state index is -0.484. The minimum Gasteiger partial charge on any atom is -0.444 e. The SMILES string of the molecule is Cc1ccc2c(N3CCN(C(=O)OC(C)(C)C)CC3)nc(Cl)nc2c1. The quantitative estimate of drug-likeness (QED) is 0.725. The van der Waals surface area contributed by atoms with E-state index in [-0.39, 0.29) is 11.4 Å². The Morgan fingerprint density at radius 1 is 1.16 bits per heavy atom. The summed E-state index contributed by atoms with van der Waals surface area (Å²) in [6, 6.07) is 6.07. The minimum absolute atomic E-state index is 0.239. The summed E-state index contributed by atoms with van der Waals surface area (Å²) in [5.41, 5.74) is 1.48. The second-order valence-corrected chi connectivity index (χ2v) is 7.63. The number of halogens is 1. The van der Waals surface area contributed by atoms with Gasteiger partial charge in [0.1, 0.15) is 11.4 Å². The molecule has 0 N–H and O–H groups in total. The molecule has 1 fully saturated rings. The van der Waals surface area contributed by atoms with E-state index in [1.807, 2.05) is 45.9 Å². The van der Waals surface area contributed by atoms with Gasteiger partial charge in [0, 0.05) is 31.6 Å². The maximum Gasteiger partial charge on any atom is 0.410 e. The zero-order valence-corrected chi connectivity index (χ0v) is 15.8. The molecule has 0 bridgehead atoms. The van der Waals surface area contributed by atoms with Gasteiger partial charge in [0.2, 0.25) is 5.28 Å². The van der Waals surface area contributed by atoms with Crippen molar-refractivity contribution in [3.05, 3.63) is 29.0 Å². The zero-order chi connectivity index (χ0) is 18.2. The number of aromatic nitrogens is 2. The number of amides is 1. The summed E-state index contributed by atoms with van der Waals surface area (Å²) >= 11 is 6.11. The third-order valence-electron chi connectivity index (χ3n) is 4.04. The van der Waals surface area contributed by atoms with Crippen LogP contribution < -0.4 is 4.90 Å². The van der Waals surface area contributed by atoms with Crippen LogP contribution in [0.15, 0.2) is 18.2 Å². The molecule has 1 aliphatic heterocycles. The highest BCUT2D eigenvalue weighted by atomic mass is 35.5. The van der Waals surface area contributed by atoms with Crippen molar-refractivity contribution in [3.8, 4) is 0 Å². The number of carbonyl (C=O) groups excluding carboxylic acids is 1. The molecule has 0 unspecified atom stereocenters. The predicted octanol–water partition coefficient (Wildman–Crippen LogP) is 3.65. The number of aryl methyl sites for hydroxylation is 1. The molecule has 0 radical (unpaired) electrons. The van der Waals surface area contributed by atoms with E-state index in [0.29, 0.717) is 26.2 Å². The fraction of sp³-hybridized carbons (Fsp3) is 0.500. The zero-order valence-electron chi connectivity index (χ0n) is 15.0. The molecule has 0 atom stereocenters. The van der Waals surface area contributed by atoms with Crippen molar-refractivity contribution in [1.29, 1.82) is 0 Å². The van der Waals surface area contributed by atoms with E-state index in [9.17, 15) is 4.79 Å². The van der Waals surface area contributed by atoms with Gasteiger partial charge in [-0.2, -0.15) is 4.98 Å². The summed E-state index contributed by atoms with van der Waals surface area (Å²) in [5.74, 6) is 0.818. The Hall–Kier alpha value is -2.08. The van der Waals surface area contributed by atoms with Crippen molar-refractivity contribution < 1.29 is 9.53 Å². The lowest BCUT2D eigenvalue weighted by Crippen LogP contribution is -2.50. The Morgan fingerprint density at radius 3 is 2.48 bits per heavy atom. The van der Waals surface area contributed by atoms with Crippen LogP contribution in [0.5, 0.6) is 0 Å². The van der Waals surface area contributed by atoms with Crippen LogP contribution in [-0.2, 0) is 4.74 Å². The van der Waals surface area contributed by atoms with E-state index in [0.717, 1.165) is 22.3 Å². The van der Waals surface area contributed by atoms with Crippen LogP contribution >= 0.6 is 11.6 Å². The van der Waals surface area contributed by atoms with Crippen molar-refractivity contribution in [1.82, 2.24) is 14.9 Å². The van der Waals surface area contributed by atoms with E-state index >= 15 is 0 Å². The van der Waals surface area contributed by atoms with Crippen LogP contribution in [0.1, 0.15) is 26.3 Å². The van der Waals surface area contributed by atoms with E-state index in [1.165, 1.54) is 0 Å².